The zero-order valence-electron chi connectivity index (χ0n) is 18.1. The monoisotopic (exact) mass is 481 g/mol. The molecule has 0 bridgehead atoms. The Bertz CT molecular complexity index is 1280. The van der Waals surface area contributed by atoms with E-state index in [9.17, 15) is 14.7 Å². The molecule has 33 heavy (non-hydrogen) atoms. The van der Waals surface area contributed by atoms with Crippen LogP contribution in [0.2, 0.25) is 0 Å². The summed E-state index contributed by atoms with van der Waals surface area (Å²) in [5.41, 5.74) is 4.98. The number of rotatable bonds is 9. The number of aliphatic carboxylic acids is 1. The van der Waals surface area contributed by atoms with Gasteiger partial charge in [-0.15, -0.1) is 10.2 Å². The molecule has 4 rings (SSSR count). The molecule has 2 aromatic heterocycles. The SMILES string of the molecule is Cc1cccc(C)c1Nc1nnc(SCC(=O)NC(Cc2c[nH]c3ccccc23)C(=O)O)s1. The number of nitrogens with one attached hydrogen (secondary N) is 3. The zero-order chi connectivity index (χ0) is 23.4. The quantitative estimate of drug-likeness (QED) is 0.263. The fraction of sp³-hybridized carbons (Fsp3) is 0.217. The van der Waals surface area contributed by atoms with Crippen LogP contribution in [0.5, 0.6) is 0 Å². The second-order valence-corrected chi connectivity index (χ2v) is 9.78. The average molecular weight is 482 g/mol. The Balaban J connectivity index is 1.34. The summed E-state index contributed by atoms with van der Waals surface area (Å²) in [6.45, 7) is 4.04. The summed E-state index contributed by atoms with van der Waals surface area (Å²) in [6, 6.07) is 12.7. The molecule has 0 aliphatic heterocycles. The number of aryl methyl sites for hydroxylation is 2. The first-order chi connectivity index (χ1) is 15.9. The fourth-order valence-corrected chi connectivity index (χ4v) is 5.09. The van der Waals surface area contributed by atoms with Gasteiger partial charge in [-0.1, -0.05) is 59.5 Å². The number of carbonyl (C=O) groups is 2. The van der Waals surface area contributed by atoms with Crippen LogP contribution in [0.15, 0.2) is 53.0 Å². The third-order valence-corrected chi connectivity index (χ3v) is 7.15. The second kappa shape index (κ2) is 10.1. The van der Waals surface area contributed by atoms with Crippen LogP contribution in [0.1, 0.15) is 16.7 Å². The number of fused-ring (bicyclic) bond motifs is 1. The molecule has 0 aliphatic carbocycles. The van der Waals surface area contributed by atoms with Crippen LogP contribution in [0, 0.1) is 13.8 Å². The van der Waals surface area contributed by atoms with Gasteiger partial charge in [0.05, 0.1) is 5.75 Å². The van der Waals surface area contributed by atoms with Gasteiger partial charge in [0.2, 0.25) is 11.0 Å². The van der Waals surface area contributed by atoms with E-state index in [0.29, 0.717) is 9.47 Å². The van der Waals surface area contributed by atoms with Gasteiger partial charge in [0, 0.05) is 29.2 Å². The highest BCUT2D eigenvalue weighted by molar-refractivity contribution is 8.01. The van der Waals surface area contributed by atoms with Gasteiger partial charge in [-0.25, -0.2) is 4.79 Å². The number of para-hydroxylation sites is 2. The van der Waals surface area contributed by atoms with Crippen molar-refractivity contribution >= 4 is 56.7 Å². The fourth-order valence-electron chi connectivity index (χ4n) is 3.52. The molecule has 0 spiro atoms. The third-order valence-electron chi connectivity index (χ3n) is 5.18. The van der Waals surface area contributed by atoms with Crippen molar-refractivity contribution in [2.24, 2.45) is 0 Å². The first-order valence-electron chi connectivity index (χ1n) is 10.3. The molecule has 1 atom stereocenters. The number of benzene rings is 2. The molecule has 2 heterocycles. The highest BCUT2D eigenvalue weighted by Gasteiger charge is 2.22. The average Bonchev–Trinajstić information content (AvgIpc) is 3.41. The smallest absolute Gasteiger partial charge is 0.326 e. The Labute approximate surface area is 198 Å². The highest BCUT2D eigenvalue weighted by Crippen LogP contribution is 2.30. The van der Waals surface area contributed by atoms with Gasteiger partial charge in [-0.2, -0.15) is 0 Å². The maximum absolute atomic E-state index is 12.4. The predicted molar refractivity (Wildman–Crippen MR) is 131 cm³/mol. The van der Waals surface area contributed by atoms with Gasteiger partial charge in [-0.3, -0.25) is 4.79 Å². The molecule has 4 aromatic rings. The topological polar surface area (TPSA) is 120 Å². The summed E-state index contributed by atoms with van der Waals surface area (Å²) in [6.07, 6.45) is 1.98. The summed E-state index contributed by atoms with van der Waals surface area (Å²) < 4.78 is 0.627. The van der Waals surface area contributed by atoms with Crippen molar-refractivity contribution in [1.29, 1.82) is 0 Å². The van der Waals surface area contributed by atoms with Crippen molar-refractivity contribution in [1.82, 2.24) is 20.5 Å². The summed E-state index contributed by atoms with van der Waals surface area (Å²) in [5.74, 6) is -1.39. The van der Waals surface area contributed by atoms with Crippen molar-refractivity contribution in [2.45, 2.75) is 30.6 Å². The minimum atomic E-state index is -1.07. The number of aromatic amines is 1. The van der Waals surface area contributed by atoms with Crippen molar-refractivity contribution in [3.63, 3.8) is 0 Å². The van der Waals surface area contributed by atoms with E-state index in [1.165, 1.54) is 23.1 Å². The van der Waals surface area contributed by atoms with Crippen LogP contribution < -0.4 is 10.6 Å². The number of H-pyrrole nitrogens is 1. The minimum Gasteiger partial charge on any atom is -0.480 e. The number of anilines is 2. The molecule has 8 nitrogen and oxygen atoms in total. The molecule has 0 saturated heterocycles. The number of hydrogen-bond acceptors (Lipinski definition) is 7. The first-order valence-corrected chi connectivity index (χ1v) is 12.1. The predicted octanol–water partition coefficient (Wildman–Crippen LogP) is 4.28. The van der Waals surface area contributed by atoms with Crippen LogP contribution in [0.3, 0.4) is 0 Å². The summed E-state index contributed by atoms with van der Waals surface area (Å²) in [7, 11) is 0. The second-order valence-electron chi connectivity index (χ2n) is 7.58. The maximum atomic E-state index is 12.4. The number of aromatic nitrogens is 3. The summed E-state index contributed by atoms with van der Waals surface area (Å²) >= 11 is 2.57. The first kappa shape index (κ1) is 22.8. The lowest BCUT2D eigenvalue weighted by Gasteiger charge is -2.14. The molecule has 1 amide bonds. The van der Waals surface area contributed by atoms with Crippen LogP contribution >= 0.6 is 23.1 Å². The maximum Gasteiger partial charge on any atom is 0.326 e. The Hall–Kier alpha value is -3.37. The van der Waals surface area contributed by atoms with Crippen LogP contribution in [0.4, 0.5) is 10.8 Å². The molecule has 10 heteroatoms. The third kappa shape index (κ3) is 5.52. The summed E-state index contributed by atoms with van der Waals surface area (Å²) in [5, 5.41) is 25.4. The van der Waals surface area contributed by atoms with Crippen molar-refractivity contribution < 1.29 is 14.7 Å². The van der Waals surface area contributed by atoms with E-state index < -0.39 is 12.0 Å². The molecule has 4 N–H and O–H groups in total. The van der Waals surface area contributed by atoms with Crippen molar-refractivity contribution in [2.75, 3.05) is 11.1 Å². The van der Waals surface area contributed by atoms with E-state index >= 15 is 0 Å². The number of carboxylic acids is 1. The lowest BCUT2D eigenvalue weighted by atomic mass is 10.1. The Morgan fingerprint density at radius 3 is 2.64 bits per heavy atom. The Kier molecular flexibility index (Phi) is 6.95. The number of carboxylic acid groups (broad SMARTS) is 1. The van der Waals surface area contributed by atoms with E-state index in [1.54, 1.807) is 6.20 Å². The lowest BCUT2D eigenvalue weighted by molar-refractivity contribution is -0.141. The normalized spacial score (nSPS) is 11.9. The van der Waals surface area contributed by atoms with E-state index in [2.05, 4.69) is 25.8 Å². The van der Waals surface area contributed by atoms with Crippen molar-refractivity contribution in [3.05, 3.63) is 65.4 Å². The summed E-state index contributed by atoms with van der Waals surface area (Å²) in [4.78, 5) is 27.3. The number of thioether (sulfide) groups is 1. The Morgan fingerprint density at radius 2 is 1.88 bits per heavy atom. The molecule has 0 fully saturated rings. The van der Waals surface area contributed by atoms with Crippen LogP contribution in [0.25, 0.3) is 10.9 Å². The minimum absolute atomic E-state index is 0.0513. The largest absolute Gasteiger partial charge is 0.480 e. The molecule has 2 aromatic carbocycles. The van der Waals surface area contributed by atoms with Gasteiger partial charge in [0.15, 0.2) is 4.34 Å². The van der Waals surface area contributed by atoms with E-state index in [-0.39, 0.29) is 18.1 Å². The molecular weight excluding hydrogens is 458 g/mol. The van der Waals surface area contributed by atoms with Gasteiger partial charge in [0.1, 0.15) is 6.04 Å². The number of hydrogen-bond donors (Lipinski definition) is 4. The van der Waals surface area contributed by atoms with Gasteiger partial charge in [0.25, 0.3) is 0 Å². The molecule has 1 unspecified atom stereocenters. The standard InChI is InChI=1S/C23H23N5O3S2/c1-13-6-5-7-14(2)20(13)26-22-27-28-23(33-22)32-12-19(29)25-18(21(30)31)10-15-11-24-17-9-4-3-8-16(15)17/h3-9,11,18,24H,10,12H2,1-2H3,(H,25,29)(H,26,27)(H,30,31). The van der Waals surface area contributed by atoms with Gasteiger partial charge in [-0.05, 0) is 36.6 Å². The van der Waals surface area contributed by atoms with Crippen LogP contribution in [-0.4, -0.2) is 44.0 Å². The van der Waals surface area contributed by atoms with Gasteiger partial charge < -0.3 is 20.7 Å². The highest BCUT2D eigenvalue weighted by atomic mass is 32.2. The van der Waals surface area contributed by atoms with Crippen molar-refractivity contribution in [3.8, 4) is 0 Å². The molecule has 170 valence electrons. The molecule has 0 aliphatic rings. The molecule has 0 radical (unpaired) electrons. The van der Waals surface area contributed by atoms with E-state index in [1.807, 2.05) is 56.3 Å². The number of nitrogens with zero attached hydrogens (tertiary/aromatic N) is 2. The zero-order valence-corrected chi connectivity index (χ0v) is 19.7. The van der Waals surface area contributed by atoms with E-state index in [0.717, 1.165) is 33.3 Å². The molecule has 0 saturated carbocycles. The lowest BCUT2D eigenvalue weighted by Crippen LogP contribution is -2.43. The Morgan fingerprint density at radius 1 is 1.12 bits per heavy atom. The number of carbonyl (C=O) groups excluding carboxylic acids is 1. The van der Waals surface area contributed by atoms with E-state index in [4.69, 9.17) is 0 Å². The molecular formula is C23H23N5O3S2. The number of amides is 1. The van der Waals surface area contributed by atoms with Crippen LogP contribution in [-0.2, 0) is 16.0 Å². The van der Waals surface area contributed by atoms with Gasteiger partial charge >= 0.3 is 5.97 Å².